The molecule has 0 amide bonds. The largest absolute Gasteiger partial charge is 0.486 e. The number of aliphatic imine (C=N–C) groups is 1. The highest BCUT2D eigenvalue weighted by molar-refractivity contribution is 6.16. The number of hydrogen-bond acceptors (Lipinski definition) is 6. The molecule has 0 aromatic heterocycles. The fourth-order valence-corrected chi connectivity index (χ4v) is 1.45. The highest BCUT2D eigenvalue weighted by atomic mass is 19.4. The molecule has 1 rings (SSSR count). The zero-order valence-corrected chi connectivity index (χ0v) is 10.1. The van der Waals surface area contributed by atoms with Crippen LogP contribution in [0.2, 0.25) is 0 Å². The van der Waals surface area contributed by atoms with Gasteiger partial charge in [-0.2, -0.15) is 13.2 Å². The lowest BCUT2D eigenvalue weighted by atomic mass is 10.1. The van der Waals surface area contributed by atoms with Crippen molar-refractivity contribution in [2.75, 3.05) is 20.8 Å². The van der Waals surface area contributed by atoms with Crippen LogP contribution < -0.4 is 0 Å². The van der Waals surface area contributed by atoms with Gasteiger partial charge in [-0.05, 0) is 6.08 Å². The third kappa shape index (κ3) is 3.24. The number of rotatable bonds is 3. The van der Waals surface area contributed by atoms with Gasteiger partial charge in [-0.1, -0.05) is 0 Å². The van der Waals surface area contributed by atoms with Gasteiger partial charge >= 0.3 is 18.2 Å². The minimum Gasteiger partial charge on any atom is -0.468 e. The Hall–Kier alpha value is -2.06. The average Bonchev–Trinajstić information content (AvgIpc) is 2.37. The number of methoxy groups -OCH3 is 2. The van der Waals surface area contributed by atoms with E-state index >= 15 is 0 Å². The van der Waals surface area contributed by atoms with Gasteiger partial charge in [-0.3, -0.25) is 14.5 Å². The summed E-state index contributed by atoms with van der Waals surface area (Å²) in [6.45, 7) is -0.549. The number of hydrogen-bond donors (Lipinski definition) is 0. The summed E-state index contributed by atoms with van der Waals surface area (Å²) in [5.41, 5.74) is 0. The number of carbonyl (C=O) groups is 2. The first-order valence-electron chi connectivity index (χ1n) is 5.05. The zero-order valence-electron chi connectivity index (χ0n) is 10.1. The molecule has 0 saturated carbocycles. The van der Waals surface area contributed by atoms with Crippen LogP contribution in [0, 0.1) is 5.92 Å². The van der Waals surface area contributed by atoms with E-state index in [1.807, 2.05) is 0 Å². The van der Waals surface area contributed by atoms with Gasteiger partial charge in [-0.25, -0.2) is 4.99 Å². The first-order valence-corrected chi connectivity index (χ1v) is 5.05. The van der Waals surface area contributed by atoms with Crippen LogP contribution in [0.15, 0.2) is 17.3 Å². The Labute approximate surface area is 106 Å². The van der Waals surface area contributed by atoms with Crippen LogP contribution in [0.5, 0.6) is 0 Å². The third-order valence-corrected chi connectivity index (χ3v) is 2.31. The molecule has 0 fully saturated rings. The number of amidine groups is 1. The molecule has 0 atom stereocenters. The topological polar surface area (TPSA) is 68.2 Å². The van der Waals surface area contributed by atoms with Crippen LogP contribution in [-0.2, 0) is 19.1 Å². The summed E-state index contributed by atoms with van der Waals surface area (Å²) in [4.78, 5) is 26.3. The molecule has 0 N–H and O–H groups in total. The van der Waals surface area contributed by atoms with Crippen LogP contribution in [0.4, 0.5) is 13.2 Å². The van der Waals surface area contributed by atoms with Crippen molar-refractivity contribution in [2.45, 2.75) is 6.30 Å². The second kappa shape index (κ2) is 5.72. The fourth-order valence-electron chi connectivity index (χ4n) is 1.45. The molecular weight excluding hydrogens is 269 g/mol. The number of halogens is 3. The molecule has 1 aliphatic heterocycles. The number of alkyl halides is 3. The second-order valence-electron chi connectivity index (χ2n) is 3.43. The summed E-state index contributed by atoms with van der Waals surface area (Å²) in [5, 5.41) is 0. The van der Waals surface area contributed by atoms with Crippen LogP contribution in [-0.4, -0.2) is 49.7 Å². The maximum absolute atomic E-state index is 12.8. The maximum atomic E-state index is 12.8. The molecule has 0 unspecified atom stereocenters. The Kier molecular flexibility index (Phi) is 4.52. The lowest BCUT2D eigenvalue weighted by Gasteiger charge is -2.30. The highest BCUT2D eigenvalue weighted by Crippen LogP contribution is 2.26. The van der Waals surface area contributed by atoms with Crippen molar-refractivity contribution >= 4 is 17.8 Å². The minimum absolute atomic E-state index is 0.120. The van der Waals surface area contributed by atoms with Crippen LogP contribution in [0.3, 0.4) is 0 Å². The van der Waals surface area contributed by atoms with Gasteiger partial charge in [0.2, 0.25) is 5.92 Å². The lowest BCUT2D eigenvalue weighted by molar-refractivity contribution is -0.216. The quantitative estimate of drug-likeness (QED) is 0.432. The molecule has 106 valence electrons. The van der Waals surface area contributed by atoms with Crippen molar-refractivity contribution in [3.8, 4) is 0 Å². The van der Waals surface area contributed by atoms with Crippen molar-refractivity contribution in [3.63, 3.8) is 0 Å². The third-order valence-electron chi connectivity index (χ3n) is 2.31. The molecule has 0 aromatic carbocycles. The molecule has 0 aliphatic carbocycles. The van der Waals surface area contributed by atoms with Crippen LogP contribution in [0.25, 0.3) is 0 Å². The number of ether oxygens (including phenoxy) is 2. The Morgan fingerprint density at radius 1 is 1.32 bits per heavy atom. The standard InChI is InChI=1S/C10H11F3N2O4/c1-18-8(16)6(9(17)19-2)7-14-4-3-5-15(7)10(11,12)13/h3-4,6H,5H2,1-2H3. The van der Waals surface area contributed by atoms with Gasteiger partial charge in [0.05, 0.1) is 14.2 Å². The normalized spacial score (nSPS) is 15.3. The van der Waals surface area contributed by atoms with Crippen LogP contribution >= 0.6 is 0 Å². The molecule has 19 heavy (non-hydrogen) atoms. The van der Waals surface area contributed by atoms with E-state index in [1.54, 1.807) is 0 Å². The van der Waals surface area contributed by atoms with E-state index < -0.39 is 36.5 Å². The molecule has 0 radical (unpaired) electrons. The average molecular weight is 280 g/mol. The van der Waals surface area contributed by atoms with Crippen LogP contribution in [0.1, 0.15) is 0 Å². The molecule has 6 nitrogen and oxygen atoms in total. The molecule has 0 aromatic rings. The fraction of sp³-hybridized carbons (Fsp3) is 0.500. The summed E-state index contributed by atoms with van der Waals surface area (Å²) in [6, 6.07) is 0. The minimum atomic E-state index is -4.77. The summed E-state index contributed by atoms with van der Waals surface area (Å²) < 4.78 is 47.0. The Morgan fingerprint density at radius 2 is 1.84 bits per heavy atom. The van der Waals surface area contributed by atoms with E-state index in [4.69, 9.17) is 0 Å². The van der Waals surface area contributed by atoms with Crippen molar-refractivity contribution in [1.29, 1.82) is 0 Å². The molecule has 1 aliphatic rings. The number of esters is 2. The summed E-state index contributed by atoms with van der Waals surface area (Å²) in [5.74, 6) is -4.99. The molecular formula is C10H11F3N2O4. The van der Waals surface area contributed by atoms with Crippen molar-refractivity contribution < 1.29 is 32.2 Å². The predicted molar refractivity (Wildman–Crippen MR) is 56.9 cm³/mol. The monoisotopic (exact) mass is 280 g/mol. The van der Waals surface area contributed by atoms with Gasteiger partial charge in [0, 0.05) is 12.7 Å². The Balaban J connectivity index is 3.18. The van der Waals surface area contributed by atoms with E-state index in [0.29, 0.717) is 0 Å². The van der Waals surface area contributed by atoms with E-state index in [1.165, 1.54) is 0 Å². The van der Waals surface area contributed by atoms with Gasteiger partial charge in [-0.15, -0.1) is 0 Å². The SMILES string of the molecule is COC(=O)C(C(=O)OC)C1=NC=CCN1C(F)(F)F. The Bertz CT molecular complexity index is 415. The molecule has 0 spiro atoms. The van der Waals surface area contributed by atoms with Gasteiger partial charge in [0.1, 0.15) is 5.84 Å². The van der Waals surface area contributed by atoms with Gasteiger partial charge in [0.25, 0.3) is 0 Å². The Morgan fingerprint density at radius 3 is 2.26 bits per heavy atom. The maximum Gasteiger partial charge on any atom is 0.486 e. The molecule has 0 saturated heterocycles. The van der Waals surface area contributed by atoms with E-state index in [-0.39, 0.29) is 4.90 Å². The first kappa shape index (κ1) is 15.0. The predicted octanol–water partition coefficient (Wildman–Crippen LogP) is 0.696. The summed E-state index contributed by atoms with van der Waals surface area (Å²) in [6.07, 6.45) is -2.55. The van der Waals surface area contributed by atoms with E-state index in [2.05, 4.69) is 14.5 Å². The zero-order chi connectivity index (χ0) is 14.6. The smallest absolute Gasteiger partial charge is 0.468 e. The molecule has 9 heteroatoms. The number of carbonyl (C=O) groups excluding carboxylic acids is 2. The van der Waals surface area contributed by atoms with E-state index in [9.17, 15) is 22.8 Å². The van der Waals surface area contributed by atoms with Gasteiger partial charge in [0.15, 0.2) is 0 Å². The van der Waals surface area contributed by atoms with Crippen molar-refractivity contribution in [3.05, 3.63) is 12.3 Å². The summed E-state index contributed by atoms with van der Waals surface area (Å²) in [7, 11) is 1.91. The van der Waals surface area contributed by atoms with E-state index in [0.717, 1.165) is 26.5 Å². The molecule has 0 bridgehead atoms. The summed E-state index contributed by atoms with van der Waals surface area (Å²) >= 11 is 0. The van der Waals surface area contributed by atoms with Crippen molar-refractivity contribution in [2.24, 2.45) is 10.9 Å². The first-order chi connectivity index (χ1) is 8.82. The second-order valence-corrected chi connectivity index (χ2v) is 3.43. The lowest BCUT2D eigenvalue weighted by Crippen LogP contribution is -2.51. The highest BCUT2D eigenvalue weighted by Gasteiger charge is 2.47. The molecule has 1 heterocycles. The van der Waals surface area contributed by atoms with Crippen molar-refractivity contribution in [1.82, 2.24) is 4.90 Å². The number of nitrogens with zero attached hydrogens (tertiary/aromatic N) is 2. The van der Waals surface area contributed by atoms with Gasteiger partial charge < -0.3 is 9.47 Å².